The van der Waals surface area contributed by atoms with Crippen molar-refractivity contribution in [2.24, 2.45) is 0 Å². The molecule has 0 atom stereocenters. The van der Waals surface area contributed by atoms with Crippen molar-refractivity contribution in [3.63, 3.8) is 0 Å². The second-order valence-corrected chi connectivity index (χ2v) is 4.88. The van der Waals surface area contributed by atoms with Crippen molar-refractivity contribution in [2.45, 2.75) is 39.2 Å². The number of nitrogens with zero attached hydrogens (tertiary/aromatic N) is 1. The van der Waals surface area contributed by atoms with E-state index in [1.807, 2.05) is 6.92 Å². The van der Waals surface area contributed by atoms with Crippen LogP contribution in [0.3, 0.4) is 0 Å². The molecule has 4 heteroatoms. The number of likely N-dealkylation sites (tertiary alicyclic amines) is 1. The highest BCUT2D eigenvalue weighted by Gasteiger charge is 2.18. The van der Waals surface area contributed by atoms with E-state index in [-0.39, 0.29) is 24.2 Å². The number of rotatable bonds is 4. The fourth-order valence-electron chi connectivity index (χ4n) is 2.10. The van der Waals surface area contributed by atoms with Crippen LogP contribution in [-0.4, -0.2) is 37.0 Å². The normalized spacial score (nSPS) is 20.0. The van der Waals surface area contributed by atoms with Crippen molar-refractivity contribution >= 4 is 5.91 Å². The Balaban J connectivity index is 2.44. The molecule has 0 spiro atoms. The second-order valence-electron chi connectivity index (χ2n) is 4.88. The average molecular weight is 254 g/mol. The van der Waals surface area contributed by atoms with E-state index < -0.39 is 0 Å². The van der Waals surface area contributed by atoms with Gasteiger partial charge in [0.05, 0.1) is 6.42 Å². The minimum absolute atomic E-state index is 0.0883. The molecule has 0 bridgehead atoms. The van der Waals surface area contributed by atoms with Crippen LogP contribution in [0.2, 0.25) is 0 Å². The first-order chi connectivity index (χ1) is 8.52. The molecule has 1 N–H and O–H groups in total. The lowest BCUT2D eigenvalue weighted by Gasteiger charge is -2.29. The minimum Gasteiger partial charge on any atom is -0.353 e. The molecule has 1 fully saturated rings. The molecule has 1 amide bonds. The van der Waals surface area contributed by atoms with Gasteiger partial charge in [-0.1, -0.05) is 12.2 Å². The van der Waals surface area contributed by atoms with Crippen LogP contribution in [0.4, 0.5) is 4.39 Å². The summed E-state index contributed by atoms with van der Waals surface area (Å²) in [5, 5.41) is 2.98. The van der Waals surface area contributed by atoms with Crippen LogP contribution in [0.15, 0.2) is 23.6 Å². The number of amides is 1. The Kier molecular flexibility index (Phi) is 6.05. The number of nitrogens with one attached hydrogen (secondary N) is 1. The van der Waals surface area contributed by atoms with Gasteiger partial charge in [-0.25, -0.2) is 4.39 Å². The van der Waals surface area contributed by atoms with Crippen LogP contribution >= 0.6 is 0 Å². The maximum absolute atomic E-state index is 13.2. The van der Waals surface area contributed by atoms with Gasteiger partial charge in [-0.2, -0.15) is 0 Å². The first-order valence-corrected chi connectivity index (χ1v) is 6.48. The number of halogens is 1. The Hall–Kier alpha value is -1.16. The third-order valence-corrected chi connectivity index (χ3v) is 3.25. The van der Waals surface area contributed by atoms with Crippen molar-refractivity contribution < 1.29 is 9.18 Å². The average Bonchev–Trinajstić information content (AvgIpc) is 2.31. The van der Waals surface area contributed by atoms with E-state index >= 15 is 0 Å². The maximum Gasteiger partial charge on any atom is 0.224 e. The van der Waals surface area contributed by atoms with E-state index in [4.69, 9.17) is 0 Å². The zero-order valence-corrected chi connectivity index (χ0v) is 11.5. The molecule has 0 radical (unpaired) electrons. The number of allylic oxidation sites excluding steroid dienone is 3. The van der Waals surface area contributed by atoms with Crippen molar-refractivity contribution in [2.75, 3.05) is 20.1 Å². The van der Waals surface area contributed by atoms with Crippen LogP contribution in [0, 0.1) is 0 Å². The Morgan fingerprint density at radius 1 is 1.44 bits per heavy atom. The molecular weight excluding hydrogens is 231 g/mol. The highest BCUT2D eigenvalue weighted by molar-refractivity contribution is 5.79. The third-order valence-electron chi connectivity index (χ3n) is 3.25. The van der Waals surface area contributed by atoms with Crippen molar-refractivity contribution in [3.05, 3.63) is 23.6 Å². The van der Waals surface area contributed by atoms with Gasteiger partial charge in [-0.3, -0.25) is 4.79 Å². The smallest absolute Gasteiger partial charge is 0.224 e. The fourth-order valence-corrected chi connectivity index (χ4v) is 2.10. The largest absolute Gasteiger partial charge is 0.353 e. The first kappa shape index (κ1) is 14.9. The molecule has 18 heavy (non-hydrogen) atoms. The van der Waals surface area contributed by atoms with E-state index in [9.17, 15) is 9.18 Å². The SMILES string of the molecule is C/C=C\C(CC(=O)NC1CCN(C)CC1)=C(/C)F. The van der Waals surface area contributed by atoms with Gasteiger partial charge < -0.3 is 10.2 Å². The van der Waals surface area contributed by atoms with Crippen LogP contribution < -0.4 is 5.32 Å². The van der Waals surface area contributed by atoms with Crippen LogP contribution in [-0.2, 0) is 4.79 Å². The Labute approximate surface area is 109 Å². The summed E-state index contributed by atoms with van der Waals surface area (Å²) in [5.41, 5.74) is 0.461. The van der Waals surface area contributed by atoms with Gasteiger partial charge >= 0.3 is 0 Å². The Bertz CT molecular complexity index is 338. The summed E-state index contributed by atoms with van der Waals surface area (Å²) in [5.74, 6) is -0.374. The predicted octanol–water partition coefficient (Wildman–Crippen LogP) is 2.41. The first-order valence-electron chi connectivity index (χ1n) is 6.48. The van der Waals surface area contributed by atoms with Crippen molar-refractivity contribution in [3.8, 4) is 0 Å². The molecule has 0 saturated carbocycles. The predicted molar refractivity (Wildman–Crippen MR) is 71.9 cm³/mol. The molecule has 0 unspecified atom stereocenters. The molecule has 0 aromatic carbocycles. The molecule has 1 heterocycles. The summed E-state index contributed by atoms with van der Waals surface area (Å²) in [7, 11) is 2.08. The number of carbonyl (C=O) groups excluding carboxylic acids is 1. The fraction of sp³-hybridized carbons (Fsp3) is 0.643. The lowest BCUT2D eigenvalue weighted by Crippen LogP contribution is -2.43. The summed E-state index contributed by atoms with van der Waals surface area (Å²) in [6.45, 7) is 5.21. The number of carbonyl (C=O) groups is 1. The van der Waals surface area contributed by atoms with Crippen LogP contribution in [0.1, 0.15) is 33.1 Å². The molecule has 3 nitrogen and oxygen atoms in total. The minimum atomic E-state index is -0.286. The molecule has 0 aliphatic carbocycles. The van der Waals surface area contributed by atoms with E-state index in [2.05, 4.69) is 17.3 Å². The lowest BCUT2D eigenvalue weighted by atomic mass is 10.0. The van der Waals surface area contributed by atoms with E-state index in [0.717, 1.165) is 25.9 Å². The summed E-state index contributed by atoms with van der Waals surface area (Å²) >= 11 is 0. The van der Waals surface area contributed by atoms with Crippen molar-refractivity contribution in [1.82, 2.24) is 10.2 Å². The lowest BCUT2D eigenvalue weighted by molar-refractivity contribution is -0.121. The highest BCUT2D eigenvalue weighted by Crippen LogP contribution is 2.13. The van der Waals surface area contributed by atoms with Crippen LogP contribution in [0.5, 0.6) is 0 Å². The number of hydrogen-bond acceptors (Lipinski definition) is 2. The molecule has 1 saturated heterocycles. The molecule has 0 aromatic rings. The standard InChI is InChI=1S/C14H23FN2O/c1-4-5-12(11(2)15)10-14(18)16-13-6-8-17(3)9-7-13/h4-5,13H,6-10H2,1-3H3,(H,16,18)/b5-4-,12-11-. The summed E-state index contributed by atoms with van der Waals surface area (Å²) in [4.78, 5) is 14.1. The Morgan fingerprint density at radius 3 is 2.56 bits per heavy atom. The third kappa shape index (κ3) is 5.00. The highest BCUT2D eigenvalue weighted by atomic mass is 19.1. The van der Waals surface area contributed by atoms with Gasteiger partial charge in [0, 0.05) is 6.04 Å². The van der Waals surface area contributed by atoms with Crippen molar-refractivity contribution in [1.29, 1.82) is 0 Å². The maximum atomic E-state index is 13.2. The zero-order valence-electron chi connectivity index (χ0n) is 11.5. The number of piperidine rings is 1. The summed E-state index contributed by atoms with van der Waals surface area (Å²) in [6, 6.07) is 0.237. The van der Waals surface area contributed by atoms with Crippen LogP contribution in [0.25, 0.3) is 0 Å². The quantitative estimate of drug-likeness (QED) is 0.781. The molecule has 102 valence electrons. The molecule has 1 rings (SSSR count). The van der Waals surface area contributed by atoms with Gasteiger partial charge in [-0.15, -0.1) is 0 Å². The molecule has 1 aliphatic rings. The molecular formula is C14H23FN2O. The van der Waals surface area contributed by atoms with Gasteiger partial charge in [-0.05, 0) is 52.4 Å². The summed E-state index contributed by atoms with van der Waals surface area (Å²) < 4.78 is 13.2. The van der Waals surface area contributed by atoms with E-state index in [1.54, 1.807) is 12.2 Å². The topological polar surface area (TPSA) is 32.3 Å². The van der Waals surface area contributed by atoms with Gasteiger partial charge in [0.15, 0.2) is 0 Å². The van der Waals surface area contributed by atoms with E-state index in [0.29, 0.717) is 5.57 Å². The second kappa shape index (κ2) is 7.31. The number of hydrogen-bond donors (Lipinski definition) is 1. The molecule has 1 aliphatic heterocycles. The summed E-state index contributed by atoms with van der Waals surface area (Å²) in [6.07, 6.45) is 5.48. The Morgan fingerprint density at radius 2 is 2.06 bits per heavy atom. The van der Waals surface area contributed by atoms with Gasteiger partial charge in [0.2, 0.25) is 5.91 Å². The molecule has 0 aromatic heterocycles. The van der Waals surface area contributed by atoms with Gasteiger partial charge in [0.25, 0.3) is 0 Å². The monoisotopic (exact) mass is 254 g/mol. The zero-order chi connectivity index (χ0) is 13.5. The van der Waals surface area contributed by atoms with E-state index in [1.165, 1.54) is 6.92 Å². The van der Waals surface area contributed by atoms with Gasteiger partial charge in [0.1, 0.15) is 5.83 Å².